The molecule has 0 saturated heterocycles. The Morgan fingerprint density at radius 2 is 1.95 bits per heavy atom. The molecule has 2 N–H and O–H groups in total. The van der Waals surface area contributed by atoms with Crippen LogP contribution in [0.4, 0.5) is 0 Å². The minimum atomic E-state index is 0. The zero-order valence-corrected chi connectivity index (χ0v) is 12.0. The number of halogens is 1. The van der Waals surface area contributed by atoms with Gasteiger partial charge < -0.3 is 10.5 Å². The topological polar surface area (TPSA) is 35.2 Å². The van der Waals surface area contributed by atoms with E-state index in [0.717, 1.165) is 5.75 Å². The maximum absolute atomic E-state index is 6.42. The van der Waals surface area contributed by atoms with E-state index in [1.54, 1.807) is 0 Å². The second-order valence-electron chi connectivity index (χ2n) is 4.99. The van der Waals surface area contributed by atoms with Gasteiger partial charge in [0.05, 0.1) is 6.61 Å². The highest BCUT2D eigenvalue weighted by molar-refractivity contribution is 5.88. The lowest BCUT2D eigenvalue weighted by Gasteiger charge is -2.18. The van der Waals surface area contributed by atoms with Crippen LogP contribution in [0.1, 0.15) is 31.4 Å². The number of benzene rings is 2. The van der Waals surface area contributed by atoms with Crippen molar-refractivity contribution < 1.29 is 4.74 Å². The second kappa shape index (κ2) is 5.81. The van der Waals surface area contributed by atoms with Crippen molar-refractivity contribution in [1.82, 2.24) is 0 Å². The minimum absolute atomic E-state index is 0. The van der Waals surface area contributed by atoms with Gasteiger partial charge in [-0.25, -0.2) is 0 Å². The van der Waals surface area contributed by atoms with E-state index >= 15 is 0 Å². The number of fused-ring (bicyclic) bond motifs is 1. The Balaban J connectivity index is 0.00000133. The first-order valence-corrected chi connectivity index (χ1v) is 6.71. The van der Waals surface area contributed by atoms with Crippen LogP contribution in [0.15, 0.2) is 36.4 Å². The number of ether oxygens (including phenoxy) is 1. The van der Waals surface area contributed by atoms with Crippen molar-refractivity contribution in [2.24, 2.45) is 11.7 Å². The highest BCUT2D eigenvalue weighted by Crippen LogP contribution is 2.44. The van der Waals surface area contributed by atoms with Crippen LogP contribution in [0.5, 0.6) is 5.75 Å². The van der Waals surface area contributed by atoms with Gasteiger partial charge >= 0.3 is 0 Å². The van der Waals surface area contributed by atoms with Gasteiger partial charge in [-0.15, -0.1) is 12.4 Å². The summed E-state index contributed by atoms with van der Waals surface area (Å²) in [6.45, 7) is 2.70. The molecule has 2 aromatic rings. The zero-order valence-electron chi connectivity index (χ0n) is 11.1. The Morgan fingerprint density at radius 3 is 2.63 bits per heavy atom. The monoisotopic (exact) mass is 277 g/mol. The molecule has 0 spiro atoms. The standard InChI is InChI=1S/C16H19NO.ClH/c1-2-18-14-10-9-11-5-3-4-6-13(11)15(14)16(17)12-7-8-12;/h3-6,9-10,12,16H,2,7-8,17H2,1H3;1H/t16-;/m1./s1. The Kier molecular flexibility index (Phi) is 4.33. The molecule has 0 heterocycles. The molecular weight excluding hydrogens is 258 g/mol. The van der Waals surface area contributed by atoms with E-state index in [2.05, 4.69) is 36.4 Å². The van der Waals surface area contributed by atoms with Gasteiger partial charge in [-0.05, 0) is 42.5 Å². The fourth-order valence-corrected chi connectivity index (χ4v) is 2.59. The molecule has 0 aromatic heterocycles. The summed E-state index contributed by atoms with van der Waals surface area (Å²) in [5.41, 5.74) is 7.61. The molecule has 1 atom stereocenters. The lowest BCUT2D eigenvalue weighted by atomic mass is 9.95. The molecule has 2 aromatic carbocycles. The Hall–Kier alpha value is -1.25. The van der Waals surface area contributed by atoms with E-state index in [0.29, 0.717) is 12.5 Å². The third-order valence-electron chi connectivity index (χ3n) is 3.69. The Morgan fingerprint density at radius 1 is 1.21 bits per heavy atom. The fourth-order valence-electron chi connectivity index (χ4n) is 2.59. The van der Waals surface area contributed by atoms with Crippen LogP contribution >= 0.6 is 12.4 Å². The molecule has 102 valence electrons. The van der Waals surface area contributed by atoms with Crippen molar-refractivity contribution in [2.75, 3.05) is 6.61 Å². The van der Waals surface area contributed by atoms with Gasteiger partial charge in [0, 0.05) is 11.6 Å². The summed E-state index contributed by atoms with van der Waals surface area (Å²) < 4.78 is 5.76. The fraction of sp³-hybridized carbons (Fsp3) is 0.375. The van der Waals surface area contributed by atoms with Gasteiger partial charge in [0.2, 0.25) is 0 Å². The molecule has 1 aliphatic rings. The Labute approximate surface area is 120 Å². The molecule has 0 aliphatic heterocycles. The molecule has 1 aliphatic carbocycles. The van der Waals surface area contributed by atoms with E-state index in [9.17, 15) is 0 Å². The molecule has 3 rings (SSSR count). The molecule has 0 amide bonds. The maximum atomic E-state index is 6.42. The van der Waals surface area contributed by atoms with E-state index in [4.69, 9.17) is 10.5 Å². The summed E-state index contributed by atoms with van der Waals surface area (Å²) in [5.74, 6) is 1.59. The molecule has 3 heteroatoms. The first kappa shape index (κ1) is 14.2. The van der Waals surface area contributed by atoms with Crippen LogP contribution in [0, 0.1) is 5.92 Å². The third-order valence-corrected chi connectivity index (χ3v) is 3.69. The van der Waals surface area contributed by atoms with E-state index in [1.165, 1.54) is 29.2 Å². The summed E-state index contributed by atoms with van der Waals surface area (Å²) in [5, 5.41) is 2.48. The van der Waals surface area contributed by atoms with E-state index in [1.807, 2.05) is 6.92 Å². The average Bonchev–Trinajstić information content (AvgIpc) is 3.22. The van der Waals surface area contributed by atoms with E-state index < -0.39 is 0 Å². The normalized spacial score (nSPS) is 15.9. The van der Waals surface area contributed by atoms with E-state index in [-0.39, 0.29) is 18.4 Å². The third kappa shape index (κ3) is 2.70. The predicted molar refractivity (Wildman–Crippen MR) is 82.0 cm³/mol. The van der Waals surface area contributed by atoms with Crippen LogP contribution in [0.25, 0.3) is 10.8 Å². The highest BCUT2D eigenvalue weighted by Gasteiger charge is 2.32. The summed E-state index contributed by atoms with van der Waals surface area (Å²) in [4.78, 5) is 0. The van der Waals surface area contributed by atoms with Gasteiger partial charge in [-0.3, -0.25) is 0 Å². The lowest BCUT2D eigenvalue weighted by Crippen LogP contribution is -2.14. The van der Waals surface area contributed by atoms with Crippen LogP contribution < -0.4 is 10.5 Å². The SMILES string of the molecule is CCOc1ccc2ccccc2c1[C@H](N)C1CC1.Cl. The highest BCUT2D eigenvalue weighted by atomic mass is 35.5. The van der Waals surface area contributed by atoms with Crippen LogP contribution in [0.3, 0.4) is 0 Å². The van der Waals surface area contributed by atoms with Gasteiger partial charge in [-0.2, -0.15) is 0 Å². The molecule has 19 heavy (non-hydrogen) atoms. The van der Waals surface area contributed by atoms with Crippen molar-refractivity contribution in [3.8, 4) is 5.75 Å². The molecular formula is C16H20ClNO. The summed E-state index contributed by atoms with van der Waals surface area (Å²) in [6, 6.07) is 12.7. The maximum Gasteiger partial charge on any atom is 0.124 e. The van der Waals surface area contributed by atoms with Gasteiger partial charge in [0.1, 0.15) is 5.75 Å². The average molecular weight is 278 g/mol. The molecule has 0 unspecified atom stereocenters. The molecule has 1 saturated carbocycles. The number of hydrogen-bond donors (Lipinski definition) is 1. The molecule has 2 nitrogen and oxygen atoms in total. The molecule has 0 radical (unpaired) electrons. The molecule has 1 fully saturated rings. The van der Waals surface area contributed by atoms with Gasteiger partial charge in [-0.1, -0.05) is 30.3 Å². The number of hydrogen-bond acceptors (Lipinski definition) is 2. The van der Waals surface area contributed by atoms with Crippen molar-refractivity contribution in [2.45, 2.75) is 25.8 Å². The number of nitrogens with two attached hydrogens (primary N) is 1. The zero-order chi connectivity index (χ0) is 12.5. The van der Waals surface area contributed by atoms with Crippen molar-refractivity contribution >= 4 is 23.2 Å². The second-order valence-corrected chi connectivity index (χ2v) is 4.99. The largest absolute Gasteiger partial charge is 0.494 e. The summed E-state index contributed by atoms with van der Waals surface area (Å²) in [7, 11) is 0. The predicted octanol–water partition coefficient (Wildman–Crippen LogP) is 4.07. The van der Waals surface area contributed by atoms with Crippen LogP contribution in [-0.4, -0.2) is 6.61 Å². The van der Waals surface area contributed by atoms with Crippen molar-refractivity contribution in [3.63, 3.8) is 0 Å². The quantitative estimate of drug-likeness (QED) is 0.914. The molecule has 0 bridgehead atoms. The lowest BCUT2D eigenvalue weighted by molar-refractivity contribution is 0.333. The van der Waals surface area contributed by atoms with Crippen LogP contribution in [-0.2, 0) is 0 Å². The van der Waals surface area contributed by atoms with Crippen LogP contribution in [0.2, 0.25) is 0 Å². The Bertz CT molecular complexity index is 566. The first-order chi connectivity index (χ1) is 8.81. The summed E-state index contributed by atoms with van der Waals surface area (Å²) >= 11 is 0. The minimum Gasteiger partial charge on any atom is -0.494 e. The number of rotatable bonds is 4. The smallest absolute Gasteiger partial charge is 0.124 e. The summed E-state index contributed by atoms with van der Waals surface area (Å²) in [6.07, 6.45) is 2.49. The van der Waals surface area contributed by atoms with Gasteiger partial charge in [0.15, 0.2) is 0 Å². The van der Waals surface area contributed by atoms with Crippen molar-refractivity contribution in [1.29, 1.82) is 0 Å². The van der Waals surface area contributed by atoms with Crippen molar-refractivity contribution in [3.05, 3.63) is 42.0 Å². The van der Waals surface area contributed by atoms with Gasteiger partial charge in [0.25, 0.3) is 0 Å². The first-order valence-electron chi connectivity index (χ1n) is 6.71.